The van der Waals surface area contributed by atoms with E-state index in [2.05, 4.69) is 4.98 Å². The summed E-state index contributed by atoms with van der Waals surface area (Å²) in [5.41, 5.74) is 1.49. The fourth-order valence-electron chi connectivity index (χ4n) is 2.49. The topological polar surface area (TPSA) is 100 Å². The number of nitrogens with one attached hydrogen (secondary N) is 1. The molecule has 1 aromatic carbocycles. The van der Waals surface area contributed by atoms with E-state index in [4.69, 9.17) is 4.42 Å². The molecule has 7 heteroatoms. The van der Waals surface area contributed by atoms with Crippen LogP contribution in [0, 0.1) is 5.92 Å². The fourth-order valence-corrected chi connectivity index (χ4v) is 4.32. The summed E-state index contributed by atoms with van der Waals surface area (Å²) >= 11 is 0. The largest absolute Gasteiger partial charge is 0.417 e. The Labute approximate surface area is 109 Å². The second-order valence-corrected chi connectivity index (χ2v) is 7.11. The molecular weight excluding hydrogens is 270 g/mol. The SMILES string of the molecule is O=c1[nH]c2ccc(C(O)C3CCS(=O)(=O)C3)cc2o1. The molecule has 6 nitrogen and oxygen atoms in total. The number of fused-ring (bicyclic) bond motifs is 1. The number of aromatic amines is 1. The molecule has 2 aromatic rings. The van der Waals surface area contributed by atoms with Crippen LogP contribution in [0.4, 0.5) is 0 Å². The van der Waals surface area contributed by atoms with E-state index in [0.717, 1.165) is 0 Å². The lowest BCUT2D eigenvalue weighted by atomic mass is 9.95. The molecule has 2 unspecified atom stereocenters. The molecule has 0 saturated carbocycles. The van der Waals surface area contributed by atoms with Gasteiger partial charge in [-0.1, -0.05) is 6.07 Å². The predicted molar refractivity (Wildman–Crippen MR) is 68.6 cm³/mol. The van der Waals surface area contributed by atoms with Crippen LogP contribution >= 0.6 is 0 Å². The van der Waals surface area contributed by atoms with E-state index in [1.165, 1.54) is 0 Å². The molecule has 3 rings (SSSR count). The van der Waals surface area contributed by atoms with Crippen molar-refractivity contribution in [3.63, 3.8) is 0 Å². The number of aliphatic hydroxyl groups is 1. The first-order valence-corrected chi connectivity index (χ1v) is 7.78. The smallest absolute Gasteiger partial charge is 0.408 e. The highest BCUT2D eigenvalue weighted by atomic mass is 32.2. The molecule has 2 heterocycles. The molecule has 1 fully saturated rings. The summed E-state index contributed by atoms with van der Waals surface area (Å²) < 4.78 is 27.8. The first-order chi connectivity index (χ1) is 8.94. The van der Waals surface area contributed by atoms with Gasteiger partial charge in [0.25, 0.3) is 0 Å². The molecular formula is C12H13NO5S. The summed E-state index contributed by atoms with van der Waals surface area (Å²) in [7, 11) is -3.03. The Morgan fingerprint density at radius 2 is 2.21 bits per heavy atom. The maximum absolute atomic E-state index is 11.4. The number of aromatic nitrogens is 1. The number of H-pyrrole nitrogens is 1. The van der Waals surface area contributed by atoms with Gasteiger partial charge in [0.15, 0.2) is 15.4 Å². The first kappa shape index (κ1) is 12.4. The average molecular weight is 283 g/mol. The minimum Gasteiger partial charge on any atom is -0.408 e. The Kier molecular flexibility index (Phi) is 2.75. The van der Waals surface area contributed by atoms with Crippen molar-refractivity contribution in [2.45, 2.75) is 12.5 Å². The number of hydrogen-bond donors (Lipinski definition) is 2. The molecule has 2 atom stereocenters. The summed E-state index contributed by atoms with van der Waals surface area (Å²) in [5.74, 6) is -0.724. The lowest BCUT2D eigenvalue weighted by Crippen LogP contribution is -2.14. The van der Waals surface area contributed by atoms with Crippen molar-refractivity contribution >= 4 is 20.9 Å². The third-order valence-electron chi connectivity index (χ3n) is 3.50. The highest BCUT2D eigenvalue weighted by Crippen LogP contribution is 2.32. The van der Waals surface area contributed by atoms with E-state index in [0.29, 0.717) is 23.1 Å². The van der Waals surface area contributed by atoms with Crippen molar-refractivity contribution in [2.75, 3.05) is 11.5 Å². The number of sulfone groups is 1. The Hall–Kier alpha value is -1.60. The van der Waals surface area contributed by atoms with Gasteiger partial charge < -0.3 is 9.52 Å². The van der Waals surface area contributed by atoms with Crippen molar-refractivity contribution in [1.29, 1.82) is 0 Å². The van der Waals surface area contributed by atoms with Crippen molar-refractivity contribution < 1.29 is 17.9 Å². The Morgan fingerprint density at radius 1 is 1.42 bits per heavy atom. The van der Waals surface area contributed by atoms with Crippen molar-refractivity contribution in [3.05, 3.63) is 34.3 Å². The lowest BCUT2D eigenvalue weighted by Gasteiger charge is -2.16. The Bertz CT molecular complexity index is 773. The second kappa shape index (κ2) is 4.21. The highest BCUT2D eigenvalue weighted by molar-refractivity contribution is 7.91. The first-order valence-electron chi connectivity index (χ1n) is 5.96. The predicted octanol–water partition coefficient (Wildman–Crippen LogP) is 0.589. The van der Waals surface area contributed by atoms with Crippen LogP contribution in [0.15, 0.2) is 27.4 Å². The van der Waals surface area contributed by atoms with Gasteiger partial charge in [0.1, 0.15) is 0 Å². The monoisotopic (exact) mass is 283 g/mol. The number of aliphatic hydroxyl groups excluding tert-OH is 1. The number of oxazole rings is 1. The normalized spacial score (nSPS) is 23.7. The van der Waals surface area contributed by atoms with Crippen LogP contribution in [0.25, 0.3) is 11.1 Å². The lowest BCUT2D eigenvalue weighted by molar-refractivity contribution is 0.121. The van der Waals surface area contributed by atoms with Gasteiger partial charge in [-0.05, 0) is 24.1 Å². The van der Waals surface area contributed by atoms with Gasteiger partial charge in [0.05, 0.1) is 23.1 Å². The molecule has 0 aliphatic carbocycles. The molecule has 0 bridgehead atoms. The summed E-state index contributed by atoms with van der Waals surface area (Å²) in [5, 5.41) is 10.2. The molecule has 1 aliphatic heterocycles. The quantitative estimate of drug-likeness (QED) is 0.840. The minimum atomic E-state index is -3.03. The molecule has 102 valence electrons. The molecule has 0 spiro atoms. The summed E-state index contributed by atoms with van der Waals surface area (Å²) in [6, 6.07) is 4.88. The van der Waals surface area contributed by atoms with Crippen molar-refractivity contribution in [2.24, 2.45) is 5.92 Å². The number of hydrogen-bond acceptors (Lipinski definition) is 5. The zero-order valence-corrected chi connectivity index (χ0v) is 10.8. The van der Waals surface area contributed by atoms with Gasteiger partial charge >= 0.3 is 5.76 Å². The average Bonchev–Trinajstić information content (AvgIpc) is 2.88. The van der Waals surface area contributed by atoms with Gasteiger partial charge in [-0.2, -0.15) is 0 Å². The second-order valence-electron chi connectivity index (χ2n) is 4.88. The number of benzene rings is 1. The standard InChI is InChI=1S/C12H13NO5S/c14-11(8-3-4-19(16,17)6-8)7-1-2-9-10(5-7)18-12(15)13-9/h1-2,5,8,11,14H,3-4,6H2,(H,13,15). The molecule has 19 heavy (non-hydrogen) atoms. The highest BCUT2D eigenvalue weighted by Gasteiger charge is 2.33. The van der Waals surface area contributed by atoms with E-state index >= 15 is 0 Å². The maximum atomic E-state index is 11.4. The van der Waals surface area contributed by atoms with Crippen LogP contribution in [-0.4, -0.2) is 30.0 Å². The molecule has 1 saturated heterocycles. The van der Waals surface area contributed by atoms with Gasteiger partial charge in [-0.25, -0.2) is 13.2 Å². The van der Waals surface area contributed by atoms with Crippen LogP contribution in [0.5, 0.6) is 0 Å². The van der Waals surface area contributed by atoms with Crippen LogP contribution in [-0.2, 0) is 9.84 Å². The van der Waals surface area contributed by atoms with Crippen LogP contribution in [0.1, 0.15) is 18.1 Å². The molecule has 2 N–H and O–H groups in total. The van der Waals surface area contributed by atoms with E-state index in [1.54, 1.807) is 18.2 Å². The minimum absolute atomic E-state index is 0.00326. The van der Waals surface area contributed by atoms with Gasteiger partial charge in [0, 0.05) is 5.92 Å². The summed E-state index contributed by atoms with van der Waals surface area (Å²) in [6.45, 7) is 0. The molecule has 1 aromatic heterocycles. The third-order valence-corrected chi connectivity index (χ3v) is 5.29. The zero-order valence-electron chi connectivity index (χ0n) is 10.00. The Morgan fingerprint density at radius 3 is 2.89 bits per heavy atom. The van der Waals surface area contributed by atoms with Crippen LogP contribution in [0.2, 0.25) is 0 Å². The van der Waals surface area contributed by atoms with E-state index in [-0.39, 0.29) is 17.4 Å². The van der Waals surface area contributed by atoms with Gasteiger partial charge in [-0.15, -0.1) is 0 Å². The molecule has 0 amide bonds. The van der Waals surface area contributed by atoms with Crippen molar-refractivity contribution in [3.8, 4) is 0 Å². The molecule has 1 aliphatic rings. The summed E-state index contributed by atoms with van der Waals surface area (Å²) in [6.07, 6.45) is -0.402. The van der Waals surface area contributed by atoms with Crippen LogP contribution < -0.4 is 5.76 Å². The summed E-state index contributed by atoms with van der Waals surface area (Å²) in [4.78, 5) is 13.6. The van der Waals surface area contributed by atoms with E-state index in [1.807, 2.05) is 0 Å². The Balaban J connectivity index is 1.93. The fraction of sp³-hybridized carbons (Fsp3) is 0.417. The molecule has 0 radical (unpaired) electrons. The van der Waals surface area contributed by atoms with Gasteiger partial charge in [0.2, 0.25) is 0 Å². The number of rotatable bonds is 2. The third kappa shape index (κ3) is 2.31. The maximum Gasteiger partial charge on any atom is 0.417 e. The van der Waals surface area contributed by atoms with E-state index < -0.39 is 21.7 Å². The van der Waals surface area contributed by atoms with Gasteiger partial charge in [-0.3, -0.25) is 4.98 Å². The van der Waals surface area contributed by atoms with E-state index in [9.17, 15) is 18.3 Å². The van der Waals surface area contributed by atoms with Crippen molar-refractivity contribution in [1.82, 2.24) is 4.98 Å². The zero-order chi connectivity index (χ0) is 13.6. The van der Waals surface area contributed by atoms with Crippen LogP contribution in [0.3, 0.4) is 0 Å².